The first kappa shape index (κ1) is 16.4. The first-order valence-electron chi connectivity index (χ1n) is 5.93. The summed E-state index contributed by atoms with van der Waals surface area (Å²) in [6.07, 6.45) is 0. The summed E-state index contributed by atoms with van der Waals surface area (Å²) in [6, 6.07) is 1.74. The lowest BCUT2D eigenvalue weighted by Gasteiger charge is -2.24. The van der Waals surface area contributed by atoms with Gasteiger partial charge in [0.25, 0.3) is 0 Å². The maximum Gasteiger partial charge on any atom is 0.243 e. The van der Waals surface area contributed by atoms with Crippen molar-refractivity contribution >= 4 is 21.6 Å². The zero-order chi connectivity index (χ0) is 15.7. The van der Waals surface area contributed by atoms with Crippen LogP contribution in [0.5, 0.6) is 0 Å². The van der Waals surface area contributed by atoms with Crippen LogP contribution in [0, 0.1) is 12.7 Å². The highest BCUT2D eigenvalue weighted by Gasteiger charge is 2.29. The van der Waals surface area contributed by atoms with E-state index in [-0.39, 0.29) is 16.1 Å². The van der Waals surface area contributed by atoms with Gasteiger partial charge in [0.05, 0.1) is 17.1 Å². The standard InChI is InChI=1S/C12H18FN3O3S/c1-7(2)16(6-11(15)17)20(18,19)9-4-8(3)12(13)10(14)5-9/h4-5,7H,6,14H2,1-3H3,(H2,15,17). The van der Waals surface area contributed by atoms with Crippen molar-refractivity contribution in [2.24, 2.45) is 5.73 Å². The smallest absolute Gasteiger partial charge is 0.243 e. The Bertz CT molecular complexity index is 606. The van der Waals surface area contributed by atoms with Gasteiger partial charge in [-0.15, -0.1) is 0 Å². The fourth-order valence-electron chi connectivity index (χ4n) is 1.75. The van der Waals surface area contributed by atoms with Gasteiger partial charge in [-0.25, -0.2) is 12.8 Å². The number of amides is 1. The van der Waals surface area contributed by atoms with Gasteiger partial charge in [-0.3, -0.25) is 4.79 Å². The van der Waals surface area contributed by atoms with Gasteiger partial charge in [0.2, 0.25) is 15.9 Å². The Labute approximate surface area is 117 Å². The van der Waals surface area contributed by atoms with Gasteiger partial charge in [0, 0.05) is 6.04 Å². The summed E-state index contributed by atoms with van der Waals surface area (Å²) in [4.78, 5) is 10.8. The minimum absolute atomic E-state index is 0.117. The van der Waals surface area contributed by atoms with Gasteiger partial charge in [-0.2, -0.15) is 4.31 Å². The Morgan fingerprint density at radius 3 is 2.35 bits per heavy atom. The Kier molecular flexibility index (Phi) is 4.72. The van der Waals surface area contributed by atoms with Gasteiger partial charge in [-0.1, -0.05) is 0 Å². The normalized spacial score (nSPS) is 12.1. The van der Waals surface area contributed by atoms with Crippen molar-refractivity contribution in [3.05, 3.63) is 23.5 Å². The third-order valence-corrected chi connectivity index (χ3v) is 4.75. The molecule has 0 atom stereocenters. The van der Waals surface area contributed by atoms with E-state index in [1.807, 2.05) is 0 Å². The van der Waals surface area contributed by atoms with Crippen LogP contribution in [-0.4, -0.2) is 31.2 Å². The summed E-state index contributed by atoms with van der Waals surface area (Å²) in [5.74, 6) is -1.43. The van der Waals surface area contributed by atoms with Gasteiger partial charge in [-0.05, 0) is 38.5 Å². The van der Waals surface area contributed by atoms with E-state index in [0.717, 1.165) is 10.4 Å². The van der Waals surface area contributed by atoms with Gasteiger partial charge in [0.15, 0.2) is 0 Å². The molecular weight excluding hydrogens is 285 g/mol. The van der Waals surface area contributed by atoms with Crippen LogP contribution in [0.15, 0.2) is 17.0 Å². The monoisotopic (exact) mass is 303 g/mol. The number of carbonyl (C=O) groups excluding carboxylic acids is 1. The van der Waals surface area contributed by atoms with Gasteiger partial charge < -0.3 is 11.5 Å². The Morgan fingerprint density at radius 2 is 1.95 bits per heavy atom. The number of nitrogens with zero attached hydrogens (tertiary/aromatic N) is 1. The second kappa shape index (κ2) is 5.76. The predicted octanol–water partition coefficient (Wildman–Crippen LogP) is 0.601. The molecule has 0 radical (unpaired) electrons. The largest absolute Gasteiger partial charge is 0.396 e. The van der Waals surface area contributed by atoms with Crippen LogP contribution in [-0.2, 0) is 14.8 Å². The molecule has 1 aromatic rings. The number of rotatable bonds is 5. The summed E-state index contributed by atoms with van der Waals surface area (Å²) in [5, 5.41) is 0. The third kappa shape index (κ3) is 3.26. The number of nitrogen functional groups attached to an aromatic ring is 1. The predicted molar refractivity (Wildman–Crippen MR) is 73.8 cm³/mol. The SMILES string of the molecule is Cc1cc(S(=O)(=O)N(CC(N)=O)C(C)C)cc(N)c1F. The van der Waals surface area contributed by atoms with Crippen molar-refractivity contribution in [3.63, 3.8) is 0 Å². The molecule has 1 aromatic carbocycles. The number of primary amides is 1. The molecule has 0 heterocycles. The van der Waals surface area contributed by atoms with E-state index in [1.54, 1.807) is 13.8 Å². The molecule has 6 nitrogen and oxygen atoms in total. The summed E-state index contributed by atoms with van der Waals surface area (Å²) < 4.78 is 39.3. The minimum atomic E-state index is -3.97. The number of carbonyl (C=O) groups is 1. The molecule has 1 rings (SSSR count). The quantitative estimate of drug-likeness (QED) is 0.777. The van der Waals surface area contributed by atoms with E-state index < -0.39 is 34.3 Å². The van der Waals surface area contributed by atoms with Gasteiger partial charge >= 0.3 is 0 Å². The molecule has 0 aliphatic rings. The molecule has 0 spiro atoms. The molecule has 8 heteroatoms. The minimum Gasteiger partial charge on any atom is -0.396 e. The van der Waals surface area contributed by atoms with E-state index in [9.17, 15) is 17.6 Å². The molecule has 0 aliphatic heterocycles. The lowest BCUT2D eigenvalue weighted by atomic mass is 10.2. The lowest BCUT2D eigenvalue weighted by molar-refractivity contribution is -0.118. The molecule has 0 fully saturated rings. The average Bonchev–Trinajstić information content (AvgIpc) is 2.31. The summed E-state index contributed by atoms with van der Waals surface area (Å²) in [7, 11) is -3.97. The molecule has 4 N–H and O–H groups in total. The number of hydrogen-bond donors (Lipinski definition) is 2. The van der Waals surface area contributed by atoms with Crippen LogP contribution in [0.1, 0.15) is 19.4 Å². The maximum absolute atomic E-state index is 13.5. The zero-order valence-electron chi connectivity index (χ0n) is 11.6. The van der Waals surface area contributed by atoms with Crippen LogP contribution in [0.2, 0.25) is 0 Å². The number of sulfonamides is 1. The topological polar surface area (TPSA) is 106 Å². The van der Waals surface area contributed by atoms with Crippen molar-refractivity contribution in [1.29, 1.82) is 0 Å². The summed E-state index contributed by atoms with van der Waals surface area (Å²) in [5.41, 5.74) is 10.4. The number of halogens is 1. The van der Waals surface area contributed by atoms with E-state index in [0.29, 0.717) is 0 Å². The third-order valence-electron chi connectivity index (χ3n) is 2.75. The lowest BCUT2D eigenvalue weighted by Crippen LogP contribution is -2.42. The van der Waals surface area contributed by atoms with Crippen LogP contribution in [0.3, 0.4) is 0 Å². The number of nitrogens with two attached hydrogens (primary N) is 2. The Morgan fingerprint density at radius 1 is 1.40 bits per heavy atom. The molecule has 112 valence electrons. The molecule has 1 amide bonds. The molecule has 0 bridgehead atoms. The van der Waals surface area contributed by atoms with E-state index in [2.05, 4.69) is 0 Å². The molecule has 0 aromatic heterocycles. The molecule has 20 heavy (non-hydrogen) atoms. The second-order valence-corrected chi connectivity index (χ2v) is 6.64. The van der Waals surface area contributed by atoms with E-state index in [1.165, 1.54) is 13.0 Å². The number of aryl methyl sites for hydroxylation is 1. The molecule has 0 unspecified atom stereocenters. The maximum atomic E-state index is 13.5. The van der Waals surface area contributed by atoms with Crippen LogP contribution >= 0.6 is 0 Å². The van der Waals surface area contributed by atoms with Crippen LogP contribution in [0.4, 0.5) is 10.1 Å². The van der Waals surface area contributed by atoms with E-state index in [4.69, 9.17) is 11.5 Å². The Hall–Kier alpha value is -1.67. The number of anilines is 1. The van der Waals surface area contributed by atoms with Crippen LogP contribution < -0.4 is 11.5 Å². The van der Waals surface area contributed by atoms with Crippen LogP contribution in [0.25, 0.3) is 0 Å². The average molecular weight is 303 g/mol. The van der Waals surface area contributed by atoms with Crippen molar-refractivity contribution in [3.8, 4) is 0 Å². The number of hydrogen-bond acceptors (Lipinski definition) is 4. The molecule has 0 aliphatic carbocycles. The molecular formula is C12H18FN3O3S. The van der Waals surface area contributed by atoms with Crippen molar-refractivity contribution in [2.75, 3.05) is 12.3 Å². The fraction of sp³-hybridized carbons (Fsp3) is 0.417. The fourth-order valence-corrected chi connectivity index (χ4v) is 3.47. The summed E-state index contributed by atoms with van der Waals surface area (Å²) in [6.45, 7) is 4.19. The van der Waals surface area contributed by atoms with Crippen molar-refractivity contribution < 1.29 is 17.6 Å². The van der Waals surface area contributed by atoms with Gasteiger partial charge in [0.1, 0.15) is 5.82 Å². The molecule has 0 saturated carbocycles. The van der Waals surface area contributed by atoms with Crippen molar-refractivity contribution in [1.82, 2.24) is 4.31 Å². The highest BCUT2D eigenvalue weighted by Crippen LogP contribution is 2.24. The van der Waals surface area contributed by atoms with Crippen molar-refractivity contribution in [2.45, 2.75) is 31.7 Å². The second-order valence-electron chi connectivity index (χ2n) is 4.75. The highest BCUT2D eigenvalue weighted by molar-refractivity contribution is 7.89. The first-order valence-corrected chi connectivity index (χ1v) is 7.37. The summed E-state index contributed by atoms with van der Waals surface area (Å²) >= 11 is 0. The van der Waals surface area contributed by atoms with E-state index >= 15 is 0 Å². The number of benzene rings is 1. The molecule has 0 saturated heterocycles. The zero-order valence-corrected chi connectivity index (χ0v) is 12.4. The first-order chi connectivity index (χ1) is 9.07. The highest BCUT2D eigenvalue weighted by atomic mass is 32.2. The Balaban J connectivity index is 3.37.